The van der Waals surface area contributed by atoms with E-state index in [2.05, 4.69) is 50.3 Å². The highest BCUT2D eigenvalue weighted by Gasteiger charge is 2.10. The zero-order valence-corrected chi connectivity index (χ0v) is 12.2. The van der Waals surface area contributed by atoms with Crippen LogP contribution in [-0.4, -0.2) is 0 Å². The summed E-state index contributed by atoms with van der Waals surface area (Å²) in [5.74, 6) is 0.756. The van der Waals surface area contributed by atoms with Crippen LogP contribution in [0.4, 0.5) is 0 Å². The fourth-order valence-electron chi connectivity index (χ4n) is 1.98. The quantitative estimate of drug-likeness (QED) is 0.744. The monoisotopic (exact) mass is 268 g/mol. The molecule has 2 rings (SSSR count). The van der Waals surface area contributed by atoms with Crippen molar-refractivity contribution in [2.24, 2.45) is 0 Å². The molecular weight excluding hydrogens is 252 g/mol. The van der Waals surface area contributed by atoms with Crippen LogP contribution in [0.15, 0.2) is 46.2 Å². The van der Waals surface area contributed by atoms with Crippen molar-refractivity contribution in [3.05, 3.63) is 53.1 Å². The third kappa shape index (κ3) is 3.33. The normalized spacial score (nSPS) is 10.0. The van der Waals surface area contributed by atoms with Crippen molar-refractivity contribution in [2.45, 2.75) is 30.6 Å². The van der Waals surface area contributed by atoms with Gasteiger partial charge in [-0.2, -0.15) is 0 Å². The zero-order chi connectivity index (χ0) is 13.8. The molecule has 0 aromatic heterocycles. The second-order valence-electron chi connectivity index (χ2n) is 4.55. The van der Waals surface area contributed by atoms with Gasteiger partial charge in [0.15, 0.2) is 5.75 Å². The molecule has 0 saturated carbocycles. The minimum Gasteiger partial charge on any atom is -0.407 e. The molecule has 1 nitrogen and oxygen atoms in total. The largest absolute Gasteiger partial charge is 0.407 e. The minimum absolute atomic E-state index is 0.756. The van der Waals surface area contributed by atoms with Crippen LogP contribution in [0.25, 0.3) is 0 Å². The summed E-state index contributed by atoms with van der Waals surface area (Å²) in [7, 11) is 0. The van der Waals surface area contributed by atoms with Gasteiger partial charge in [0.1, 0.15) is 6.11 Å². The van der Waals surface area contributed by atoms with Gasteiger partial charge in [0, 0.05) is 4.90 Å². The van der Waals surface area contributed by atoms with Gasteiger partial charge in [0.25, 0.3) is 0 Å². The average Bonchev–Trinajstić information content (AvgIpc) is 2.34. The summed E-state index contributed by atoms with van der Waals surface area (Å²) in [6.45, 7) is 6.21. The fourth-order valence-corrected chi connectivity index (χ4v) is 3.03. The van der Waals surface area contributed by atoms with E-state index in [1.54, 1.807) is 11.8 Å². The van der Waals surface area contributed by atoms with Crippen molar-refractivity contribution in [1.82, 2.24) is 0 Å². The average molecular weight is 268 g/mol. The highest BCUT2D eigenvalue weighted by atomic mass is 32.2. The summed E-state index contributed by atoms with van der Waals surface area (Å²) < 4.78 is 5.31. The van der Waals surface area contributed by atoms with Crippen LogP contribution in [0, 0.1) is 33.3 Å². The van der Waals surface area contributed by atoms with Gasteiger partial charge >= 0.3 is 0 Å². The molecule has 2 aromatic carbocycles. The smallest absolute Gasteiger partial charge is 0.154 e. The van der Waals surface area contributed by atoms with E-state index >= 15 is 0 Å². The van der Waals surface area contributed by atoms with Crippen LogP contribution in [0.2, 0.25) is 0 Å². The topological polar surface area (TPSA) is 9.23 Å². The molecule has 0 aliphatic heterocycles. The van der Waals surface area contributed by atoms with Crippen LogP contribution in [0.3, 0.4) is 0 Å². The predicted molar refractivity (Wildman–Crippen MR) is 80.7 cm³/mol. The summed E-state index contributed by atoms with van der Waals surface area (Å²) in [4.78, 5) is 2.27. The first kappa shape index (κ1) is 13.6. The van der Waals surface area contributed by atoms with E-state index in [0.29, 0.717) is 0 Å². The zero-order valence-electron chi connectivity index (χ0n) is 11.4. The first-order chi connectivity index (χ1) is 9.10. The molecule has 19 heavy (non-hydrogen) atoms. The lowest BCUT2D eigenvalue weighted by Gasteiger charge is -2.11. The molecule has 0 aliphatic carbocycles. The van der Waals surface area contributed by atoms with Gasteiger partial charge in [-0.3, -0.25) is 0 Å². The third-order valence-electron chi connectivity index (χ3n) is 2.76. The Labute approximate surface area is 119 Å². The van der Waals surface area contributed by atoms with Crippen molar-refractivity contribution in [1.29, 1.82) is 0 Å². The molecule has 0 radical (unpaired) electrons. The summed E-state index contributed by atoms with van der Waals surface area (Å²) in [6.07, 6.45) is 7.53. The number of ether oxygens (including phenoxy) is 1. The maximum Gasteiger partial charge on any atom is 0.154 e. The van der Waals surface area contributed by atoms with Gasteiger partial charge in [-0.1, -0.05) is 41.9 Å². The predicted octanol–water partition coefficient (Wildman–Crippen LogP) is 4.73. The van der Waals surface area contributed by atoms with E-state index in [1.807, 2.05) is 13.0 Å². The summed E-state index contributed by atoms with van der Waals surface area (Å²) in [5, 5.41) is 0. The number of aryl methyl sites for hydroxylation is 3. The summed E-state index contributed by atoms with van der Waals surface area (Å²) in [5.41, 5.74) is 3.57. The van der Waals surface area contributed by atoms with E-state index in [-0.39, 0.29) is 0 Å². The standard InChI is InChI=1S/C17H16OS/c1-5-18-16-11-13(3)9-14(4)17(16)19-15-8-6-7-12(2)10-15/h1,6-11H,2-4H3. The highest BCUT2D eigenvalue weighted by molar-refractivity contribution is 7.99. The number of hydrogen-bond donors (Lipinski definition) is 0. The maximum absolute atomic E-state index is 5.31. The van der Waals surface area contributed by atoms with E-state index in [1.165, 1.54) is 16.0 Å². The summed E-state index contributed by atoms with van der Waals surface area (Å²) >= 11 is 1.68. The second kappa shape index (κ2) is 5.86. The molecule has 0 unspecified atom stereocenters. The van der Waals surface area contributed by atoms with Crippen molar-refractivity contribution in [3.8, 4) is 18.3 Å². The van der Waals surface area contributed by atoms with Crippen LogP contribution >= 0.6 is 11.8 Å². The number of hydrogen-bond acceptors (Lipinski definition) is 2. The number of rotatable bonds is 3. The van der Waals surface area contributed by atoms with Crippen molar-refractivity contribution >= 4 is 11.8 Å². The molecule has 0 fully saturated rings. The summed E-state index contributed by atoms with van der Waals surface area (Å²) in [6, 6.07) is 12.5. The van der Waals surface area contributed by atoms with Crippen molar-refractivity contribution in [2.75, 3.05) is 0 Å². The molecule has 2 aromatic rings. The third-order valence-corrected chi connectivity index (χ3v) is 3.98. The SMILES string of the molecule is C#COc1cc(C)cc(C)c1Sc1cccc(C)c1. The Morgan fingerprint density at radius 1 is 1.05 bits per heavy atom. The van der Waals surface area contributed by atoms with Crippen LogP contribution in [0.1, 0.15) is 16.7 Å². The molecule has 0 amide bonds. The Morgan fingerprint density at radius 2 is 1.84 bits per heavy atom. The Hall–Kier alpha value is -1.85. The second-order valence-corrected chi connectivity index (χ2v) is 5.63. The van der Waals surface area contributed by atoms with Crippen LogP contribution in [-0.2, 0) is 0 Å². The van der Waals surface area contributed by atoms with Gasteiger partial charge < -0.3 is 4.74 Å². The molecule has 0 saturated heterocycles. The molecule has 0 bridgehead atoms. The molecule has 96 valence electrons. The molecule has 0 N–H and O–H groups in total. The first-order valence-electron chi connectivity index (χ1n) is 6.08. The Balaban J connectivity index is 2.41. The number of terminal acetylenes is 1. The Kier molecular flexibility index (Phi) is 4.19. The van der Waals surface area contributed by atoms with Crippen LogP contribution < -0.4 is 4.74 Å². The fraction of sp³-hybridized carbons (Fsp3) is 0.176. The lowest BCUT2D eigenvalue weighted by molar-refractivity contribution is 0.506. The number of benzene rings is 2. The maximum atomic E-state index is 5.31. The Morgan fingerprint density at radius 3 is 2.53 bits per heavy atom. The lowest BCUT2D eigenvalue weighted by Crippen LogP contribution is -1.91. The molecule has 0 atom stereocenters. The van der Waals surface area contributed by atoms with E-state index in [9.17, 15) is 0 Å². The van der Waals surface area contributed by atoms with Crippen molar-refractivity contribution < 1.29 is 4.74 Å². The molecule has 2 heteroatoms. The molecule has 0 aliphatic rings. The van der Waals surface area contributed by atoms with E-state index < -0.39 is 0 Å². The molecular formula is C17H16OS. The van der Waals surface area contributed by atoms with E-state index in [4.69, 9.17) is 11.2 Å². The van der Waals surface area contributed by atoms with Crippen LogP contribution in [0.5, 0.6) is 5.75 Å². The van der Waals surface area contributed by atoms with Crippen molar-refractivity contribution in [3.63, 3.8) is 0 Å². The molecule has 0 heterocycles. The first-order valence-corrected chi connectivity index (χ1v) is 6.90. The lowest BCUT2D eigenvalue weighted by atomic mass is 10.1. The van der Waals surface area contributed by atoms with Gasteiger partial charge in [-0.05, 0) is 50.1 Å². The Bertz CT molecular complexity index is 638. The van der Waals surface area contributed by atoms with Gasteiger partial charge in [0.2, 0.25) is 0 Å². The van der Waals surface area contributed by atoms with Gasteiger partial charge in [0.05, 0.1) is 4.90 Å². The van der Waals surface area contributed by atoms with Gasteiger partial charge in [-0.15, -0.1) is 0 Å². The van der Waals surface area contributed by atoms with Gasteiger partial charge in [-0.25, -0.2) is 0 Å². The molecule has 0 spiro atoms. The van der Waals surface area contributed by atoms with E-state index in [0.717, 1.165) is 16.2 Å². The minimum atomic E-state index is 0.756. The highest BCUT2D eigenvalue weighted by Crippen LogP contribution is 2.38.